The molecule has 1 heterocycles. The van der Waals surface area contributed by atoms with Crippen molar-refractivity contribution in [3.8, 4) is 5.75 Å². The minimum absolute atomic E-state index is 0.205. The molecule has 6 nitrogen and oxygen atoms in total. The maximum Gasteiger partial charge on any atom is 0.416 e. The number of halogens is 3. The number of hydrogen-bond donors (Lipinski definition) is 1. The average Bonchev–Trinajstić information content (AvgIpc) is 2.58. The summed E-state index contributed by atoms with van der Waals surface area (Å²) >= 11 is 0. The van der Waals surface area contributed by atoms with Crippen LogP contribution in [-0.2, 0) is 21.0 Å². The first-order chi connectivity index (χ1) is 13.3. The molecule has 1 aliphatic heterocycles. The number of alkyl halides is 3. The third-order valence-corrected chi connectivity index (χ3v) is 5.66. The van der Waals surface area contributed by atoms with E-state index in [1.54, 1.807) is 13.8 Å². The number of rotatable bonds is 3. The fourth-order valence-corrected chi connectivity index (χ4v) is 4.08. The highest BCUT2D eigenvalue weighted by atomic mass is 32.2. The molecule has 0 aromatic heterocycles. The van der Waals surface area contributed by atoms with Gasteiger partial charge in [0.15, 0.2) is 0 Å². The molecule has 0 bridgehead atoms. The second-order valence-electron chi connectivity index (χ2n) is 7.28. The number of anilines is 2. The highest BCUT2D eigenvalue weighted by molar-refractivity contribution is 7.92. The Morgan fingerprint density at radius 2 is 1.86 bits per heavy atom. The molecule has 3 rings (SSSR count). The van der Waals surface area contributed by atoms with Gasteiger partial charge in [-0.2, -0.15) is 13.2 Å². The molecule has 29 heavy (non-hydrogen) atoms. The lowest BCUT2D eigenvalue weighted by atomic mass is 10.1. The third-order valence-electron chi connectivity index (χ3n) is 4.28. The molecule has 0 unspecified atom stereocenters. The van der Waals surface area contributed by atoms with Crippen molar-refractivity contribution in [2.75, 3.05) is 16.2 Å². The monoisotopic (exact) mass is 428 g/mol. The third kappa shape index (κ3) is 4.47. The van der Waals surface area contributed by atoms with Crippen molar-refractivity contribution >= 4 is 27.3 Å². The Labute approximate surface area is 166 Å². The Morgan fingerprint density at radius 3 is 2.48 bits per heavy atom. The van der Waals surface area contributed by atoms with Gasteiger partial charge in [-0.3, -0.25) is 9.52 Å². The summed E-state index contributed by atoms with van der Waals surface area (Å²) in [7, 11) is -4.20. The highest BCUT2D eigenvalue weighted by Crippen LogP contribution is 2.39. The number of sulfonamides is 1. The number of fused-ring (bicyclic) bond motifs is 1. The molecule has 2 aromatic rings. The molecule has 0 atom stereocenters. The van der Waals surface area contributed by atoms with Gasteiger partial charge >= 0.3 is 6.18 Å². The van der Waals surface area contributed by atoms with E-state index in [0.29, 0.717) is 11.8 Å². The summed E-state index contributed by atoms with van der Waals surface area (Å²) in [6, 6.07) is 7.85. The molecule has 0 saturated heterocycles. The van der Waals surface area contributed by atoms with Crippen LogP contribution in [0.2, 0.25) is 0 Å². The van der Waals surface area contributed by atoms with Gasteiger partial charge in [-0.25, -0.2) is 8.42 Å². The number of benzene rings is 2. The summed E-state index contributed by atoms with van der Waals surface area (Å²) in [5, 5.41) is 0. The van der Waals surface area contributed by atoms with Crippen LogP contribution in [-0.4, -0.2) is 26.5 Å². The molecule has 0 radical (unpaired) electrons. The number of hydrogen-bond acceptors (Lipinski definition) is 4. The van der Waals surface area contributed by atoms with Crippen molar-refractivity contribution in [1.82, 2.24) is 0 Å². The standard InChI is InChI=1S/C19H19F3N2O4S/c1-12(25)24-11-18(2,3)28-17-8-7-15(10-16(17)24)29(26,27)23-14-6-4-5-13(9-14)19(20,21)22/h4-10,23H,11H2,1-3H3. The topological polar surface area (TPSA) is 75.7 Å². The molecule has 0 aliphatic carbocycles. The Balaban J connectivity index is 1.97. The number of amides is 1. The largest absolute Gasteiger partial charge is 0.484 e. The van der Waals surface area contributed by atoms with Gasteiger partial charge in [-0.15, -0.1) is 0 Å². The first kappa shape index (κ1) is 21.0. The lowest BCUT2D eigenvalue weighted by Crippen LogP contribution is -2.48. The van der Waals surface area contributed by atoms with E-state index in [1.165, 1.54) is 36.1 Å². The van der Waals surface area contributed by atoms with Gasteiger partial charge < -0.3 is 9.64 Å². The summed E-state index contributed by atoms with van der Waals surface area (Å²) in [4.78, 5) is 13.2. The lowest BCUT2D eigenvalue weighted by Gasteiger charge is -2.39. The van der Waals surface area contributed by atoms with Crippen LogP contribution in [0, 0.1) is 0 Å². The van der Waals surface area contributed by atoms with Gasteiger partial charge in [0.05, 0.1) is 22.7 Å². The first-order valence-electron chi connectivity index (χ1n) is 8.60. The predicted molar refractivity (Wildman–Crippen MR) is 101 cm³/mol. The van der Waals surface area contributed by atoms with Gasteiger partial charge in [-0.1, -0.05) is 6.07 Å². The fourth-order valence-electron chi connectivity index (χ4n) is 3.01. The summed E-state index contributed by atoms with van der Waals surface area (Å²) < 4.78 is 72.0. The van der Waals surface area contributed by atoms with E-state index in [0.717, 1.165) is 12.1 Å². The second-order valence-corrected chi connectivity index (χ2v) is 8.96. The van der Waals surface area contributed by atoms with Gasteiger partial charge in [-0.05, 0) is 50.2 Å². The van der Waals surface area contributed by atoms with Crippen LogP contribution in [0.25, 0.3) is 0 Å². The van der Waals surface area contributed by atoms with Gasteiger partial charge in [0.1, 0.15) is 11.4 Å². The quantitative estimate of drug-likeness (QED) is 0.801. The van der Waals surface area contributed by atoms with Gasteiger partial charge in [0.25, 0.3) is 10.0 Å². The zero-order valence-corrected chi connectivity index (χ0v) is 16.7. The molecule has 0 saturated carbocycles. The molecule has 10 heteroatoms. The van der Waals surface area contributed by atoms with Crippen LogP contribution in [0.15, 0.2) is 47.4 Å². The molecule has 1 aliphatic rings. The SMILES string of the molecule is CC(=O)N1CC(C)(C)Oc2ccc(S(=O)(=O)Nc3cccc(C(F)(F)F)c3)cc21. The van der Waals surface area contributed by atoms with Crippen molar-refractivity contribution in [3.63, 3.8) is 0 Å². The number of ether oxygens (including phenoxy) is 1. The van der Waals surface area contributed by atoms with E-state index < -0.39 is 27.4 Å². The van der Waals surface area contributed by atoms with Crippen molar-refractivity contribution in [2.24, 2.45) is 0 Å². The smallest absolute Gasteiger partial charge is 0.416 e. The molecule has 0 fully saturated rings. The summed E-state index contributed by atoms with van der Waals surface area (Å²) in [5.74, 6) is 0.0532. The van der Waals surface area contributed by atoms with Gasteiger partial charge in [0, 0.05) is 12.6 Å². The zero-order chi connectivity index (χ0) is 21.6. The lowest BCUT2D eigenvalue weighted by molar-refractivity contribution is -0.137. The van der Waals surface area contributed by atoms with Crippen LogP contribution in [0.4, 0.5) is 24.5 Å². The summed E-state index contributed by atoms with van der Waals surface area (Å²) in [6.45, 7) is 5.17. The van der Waals surface area contributed by atoms with Crippen LogP contribution in [0.1, 0.15) is 26.3 Å². The van der Waals surface area contributed by atoms with Crippen LogP contribution in [0.3, 0.4) is 0 Å². The van der Waals surface area contributed by atoms with E-state index in [1.807, 2.05) is 0 Å². The predicted octanol–water partition coefficient (Wildman–Crippen LogP) is 4.03. The zero-order valence-electron chi connectivity index (χ0n) is 15.9. The number of nitrogens with zero attached hydrogens (tertiary/aromatic N) is 1. The molecular formula is C19H19F3N2O4S. The maximum atomic E-state index is 12.9. The normalized spacial score (nSPS) is 16.0. The average molecular weight is 428 g/mol. The Hall–Kier alpha value is -2.75. The maximum absolute atomic E-state index is 12.9. The van der Waals surface area contributed by atoms with Crippen molar-refractivity contribution in [1.29, 1.82) is 0 Å². The molecule has 2 aromatic carbocycles. The highest BCUT2D eigenvalue weighted by Gasteiger charge is 2.35. The number of carbonyl (C=O) groups excluding carboxylic acids is 1. The molecule has 156 valence electrons. The number of carbonyl (C=O) groups is 1. The molecule has 1 N–H and O–H groups in total. The molecule has 0 spiro atoms. The fraction of sp³-hybridized carbons (Fsp3) is 0.316. The summed E-state index contributed by atoms with van der Waals surface area (Å²) in [5.41, 5.74) is -1.57. The van der Waals surface area contributed by atoms with Crippen molar-refractivity contribution in [2.45, 2.75) is 37.4 Å². The van der Waals surface area contributed by atoms with Crippen molar-refractivity contribution in [3.05, 3.63) is 48.0 Å². The Morgan fingerprint density at radius 1 is 1.17 bits per heavy atom. The van der Waals surface area contributed by atoms with Crippen LogP contribution >= 0.6 is 0 Å². The van der Waals surface area contributed by atoms with Crippen LogP contribution in [0.5, 0.6) is 5.75 Å². The van der Waals surface area contributed by atoms with Crippen LogP contribution < -0.4 is 14.4 Å². The first-order valence-corrected chi connectivity index (χ1v) is 10.1. The molecule has 1 amide bonds. The van der Waals surface area contributed by atoms with E-state index in [9.17, 15) is 26.4 Å². The number of nitrogens with one attached hydrogen (secondary N) is 1. The van der Waals surface area contributed by atoms with E-state index in [4.69, 9.17) is 4.74 Å². The Kier molecular flexibility index (Phi) is 5.02. The van der Waals surface area contributed by atoms with E-state index in [2.05, 4.69) is 4.72 Å². The van der Waals surface area contributed by atoms with Crippen molar-refractivity contribution < 1.29 is 31.1 Å². The Bertz CT molecular complexity index is 1070. The van der Waals surface area contributed by atoms with Gasteiger partial charge in [0.2, 0.25) is 5.91 Å². The summed E-state index contributed by atoms with van der Waals surface area (Å²) in [6.07, 6.45) is -4.60. The second kappa shape index (κ2) is 6.94. The van der Waals surface area contributed by atoms with E-state index >= 15 is 0 Å². The minimum atomic E-state index is -4.60. The minimum Gasteiger partial charge on any atom is -0.484 e. The van der Waals surface area contributed by atoms with E-state index in [-0.39, 0.29) is 28.7 Å². The molecular weight excluding hydrogens is 409 g/mol.